The molecule has 144 valence electrons. The third-order valence-corrected chi connectivity index (χ3v) is 5.93. The second-order valence-corrected chi connectivity index (χ2v) is 8.18. The van der Waals surface area contributed by atoms with E-state index in [4.69, 9.17) is 23.2 Å². The number of carbonyl (C=O) groups is 2. The van der Waals surface area contributed by atoms with Gasteiger partial charge in [-0.05, 0) is 49.8 Å². The molecule has 1 atom stereocenters. The summed E-state index contributed by atoms with van der Waals surface area (Å²) in [5, 5.41) is 0.537. The third-order valence-electron chi connectivity index (χ3n) is 4.02. The maximum Gasteiger partial charge on any atom is 0.283 e. The number of carbonyl (C=O) groups excluding carboxylic acids is 2. The second-order valence-electron chi connectivity index (χ2n) is 6.06. The summed E-state index contributed by atoms with van der Waals surface area (Å²) in [6, 6.07) is 10.8. The van der Waals surface area contributed by atoms with E-state index in [1.54, 1.807) is 37.3 Å². The maximum atomic E-state index is 14.4. The largest absolute Gasteiger partial charge is 0.299 e. The fourth-order valence-electron chi connectivity index (χ4n) is 2.42. The Morgan fingerprint density at radius 3 is 2.57 bits per heavy atom. The minimum Gasteiger partial charge on any atom is -0.299 e. The number of rotatable bonds is 4. The number of ketones is 1. The Labute approximate surface area is 176 Å². The number of benzene rings is 2. The van der Waals surface area contributed by atoms with Crippen LogP contribution in [0.25, 0.3) is 6.08 Å². The number of amidine groups is 1. The molecule has 2 aromatic carbocycles. The van der Waals surface area contributed by atoms with Crippen LogP contribution in [0.2, 0.25) is 10.0 Å². The molecule has 0 aliphatic carbocycles. The smallest absolute Gasteiger partial charge is 0.283 e. The van der Waals surface area contributed by atoms with Crippen molar-refractivity contribution < 1.29 is 14.0 Å². The average Bonchev–Trinajstić information content (AvgIpc) is 2.94. The van der Waals surface area contributed by atoms with Crippen molar-refractivity contribution in [2.24, 2.45) is 4.99 Å². The summed E-state index contributed by atoms with van der Waals surface area (Å²) >= 11 is 13.1. The van der Waals surface area contributed by atoms with Crippen molar-refractivity contribution in [2.75, 3.05) is 4.90 Å². The Bertz CT molecular complexity index is 1020. The lowest BCUT2D eigenvalue weighted by molar-refractivity contribution is -0.116. The molecule has 2 aromatic rings. The minimum absolute atomic E-state index is 0.0736. The van der Waals surface area contributed by atoms with E-state index in [0.717, 1.165) is 11.8 Å². The normalized spacial score (nSPS) is 16.5. The van der Waals surface area contributed by atoms with Crippen molar-refractivity contribution >= 4 is 63.6 Å². The van der Waals surface area contributed by atoms with Crippen LogP contribution < -0.4 is 4.90 Å². The van der Waals surface area contributed by atoms with Gasteiger partial charge in [0.2, 0.25) is 0 Å². The molecule has 0 N–H and O–H groups in total. The molecule has 0 radical (unpaired) electrons. The van der Waals surface area contributed by atoms with Crippen molar-refractivity contribution in [1.82, 2.24) is 0 Å². The number of nitrogens with zero attached hydrogens (tertiary/aromatic N) is 2. The predicted molar refractivity (Wildman–Crippen MR) is 113 cm³/mol. The molecule has 8 heteroatoms. The van der Waals surface area contributed by atoms with Crippen LogP contribution in [0.15, 0.2) is 53.2 Å². The molecular weight excluding hydrogens is 422 g/mol. The fourth-order valence-corrected chi connectivity index (χ4v) is 3.65. The summed E-state index contributed by atoms with van der Waals surface area (Å²) < 4.78 is 14.4. The zero-order chi connectivity index (χ0) is 20.4. The summed E-state index contributed by atoms with van der Waals surface area (Å²) in [6.07, 6.45) is 1.55. The Morgan fingerprint density at radius 2 is 1.93 bits per heavy atom. The summed E-state index contributed by atoms with van der Waals surface area (Å²) in [7, 11) is 0. The molecule has 1 aliphatic heterocycles. The number of aliphatic imine (C=N–C) groups is 1. The van der Waals surface area contributed by atoms with Crippen LogP contribution >= 0.6 is 35.0 Å². The van der Waals surface area contributed by atoms with Gasteiger partial charge < -0.3 is 0 Å². The second kappa shape index (κ2) is 8.47. The van der Waals surface area contributed by atoms with Gasteiger partial charge in [-0.25, -0.2) is 9.38 Å². The lowest BCUT2D eigenvalue weighted by Gasteiger charge is -2.19. The monoisotopic (exact) mass is 436 g/mol. The Kier molecular flexibility index (Phi) is 6.23. The van der Waals surface area contributed by atoms with Crippen molar-refractivity contribution in [2.45, 2.75) is 19.1 Å². The molecule has 1 unspecified atom stereocenters. The first-order valence-corrected chi connectivity index (χ1v) is 9.93. The molecule has 0 saturated carbocycles. The van der Waals surface area contributed by atoms with Crippen LogP contribution in [0.4, 0.5) is 10.1 Å². The van der Waals surface area contributed by atoms with E-state index in [1.165, 1.54) is 30.0 Å². The molecule has 0 bridgehead atoms. The van der Waals surface area contributed by atoms with Crippen molar-refractivity contribution in [3.8, 4) is 0 Å². The molecule has 1 amide bonds. The zero-order valence-electron chi connectivity index (χ0n) is 14.9. The number of hydrogen-bond acceptors (Lipinski definition) is 4. The van der Waals surface area contributed by atoms with Gasteiger partial charge in [0, 0.05) is 0 Å². The van der Waals surface area contributed by atoms with Gasteiger partial charge in [0.1, 0.15) is 17.3 Å². The molecule has 0 spiro atoms. The summed E-state index contributed by atoms with van der Waals surface area (Å²) in [5.74, 6) is -1.12. The first-order chi connectivity index (χ1) is 13.3. The highest BCUT2D eigenvalue weighted by Crippen LogP contribution is 2.33. The molecule has 0 saturated heterocycles. The maximum absolute atomic E-state index is 14.4. The van der Waals surface area contributed by atoms with Crippen molar-refractivity contribution in [3.63, 3.8) is 0 Å². The number of thioether (sulfide) groups is 1. The van der Waals surface area contributed by atoms with E-state index in [9.17, 15) is 14.0 Å². The summed E-state index contributed by atoms with van der Waals surface area (Å²) in [4.78, 5) is 30.2. The van der Waals surface area contributed by atoms with Gasteiger partial charge >= 0.3 is 0 Å². The van der Waals surface area contributed by atoms with Gasteiger partial charge in [0.15, 0.2) is 5.17 Å². The van der Waals surface area contributed by atoms with E-state index in [1.807, 2.05) is 0 Å². The SMILES string of the molecule is CC(=O)C(C)SC1=N/C(=C\c2ccc(Cl)c(Cl)c2)C(=O)N1c1ccccc1F. The molecular formula is C20H15Cl2FN2O2S. The molecule has 0 fully saturated rings. The lowest BCUT2D eigenvalue weighted by atomic mass is 10.2. The number of Topliss-reactive ketones (excluding diaryl/α,β-unsaturated/α-hetero) is 1. The van der Waals surface area contributed by atoms with Crippen molar-refractivity contribution in [3.05, 3.63) is 69.6 Å². The number of anilines is 1. The van der Waals surface area contributed by atoms with E-state index < -0.39 is 17.0 Å². The topological polar surface area (TPSA) is 49.7 Å². The van der Waals surface area contributed by atoms with E-state index in [0.29, 0.717) is 15.6 Å². The minimum atomic E-state index is -0.560. The Hall–Kier alpha value is -2.15. The predicted octanol–water partition coefficient (Wildman–Crippen LogP) is 5.59. The van der Waals surface area contributed by atoms with E-state index in [-0.39, 0.29) is 22.3 Å². The number of amides is 1. The van der Waals surface area contributed by atoms with Gasteiger partial charge in [-0.2, -0.15) is 0 Å². The standard InChI is InChI=1S/C20H15Cl2FN2O2S/c1-11(26)12(2)28-20-24-17(10-13-7-8-14(21)15(22)9-13)19(27)25(20)18-6-4-3-5-16(18)23/h3-10,12H,1-2H3/b17-10-. The van der Waals surface area contributed by atoms with Gasteiger partial charge in [0.25, 0.3) is 5.91 Å². The quantitative estimate of drug-likeness (QED) is 0.587. The number of halogens is 3. The fraction of sp³-hybridized carbons (Fsp3) is 0.150. The molecule has 28 heavy (non-hydrogen) atoms. The number of para-hydroxylation sites is 1. The highest BCUT2D eigenvalue weighted by molar-refractivity contribution is 8.15. The number of hydrogen-bond donors (Lipinski definition) is 0. The van der Waals surface area contributed by atoms with Crippen molar-refractivity contribution in [1.29, 1.82) is 0 Å². The highest BCUT2D eigenvalue weighted by Gasteiger charge is 2.35. The Morgan fingerprint density at radius 1 is 1.21 bits per heavy atom. The van der Waals surface area contributed by atoms with Crippen LogP contribution in [-0.4, -0.2) is 22.1 Å². The first-order valence-electron chi connectivity index (χ1n) is 8.29. The van der Waals surface area contributed by atoms with Crippen LogP contribution in [-0.2, 0) is 9.59 Å². The van der Waals surface area contributed by atoms with Gasteiger partial charge in [-0.1, -0.05) is 53.2 Å². The summed E-state index contributed by atoms with van der Waals surface area (Å²) in [5.41, 5.74) is 0.813. The van der Waals surface area contributed by atoms with Gasteiger partial charge in [-0.15, -0.1) is 0 Å². The molecule has 4 nitrogen and oxygen atoms in total. The highest BCUT2D eigenvalue weighted by atomic mass is 35.5. The third kappa shape index (κ3) is 4.29. The average molecular weight is 437 g/mol. The molecule has 0 aromatic heterocycles. The van der Waals surface area contributed by atoms with Crippen LogP contribution in [0.5, 0.6) is 0 Å². The van der Waals surface area contributed by atoms with Crippen LogP contribution in [0.1, 0.15) is 19.4 Å². The van der Waals surface area contributed by atoms with E-state index in [2.05, 4.69) is 4.99 Å². The Balaban J connectivity index is 2.05. The first kappa shape index (κ1) is 20.6. The zero-order valence-corrected chi connectivity index (χ0v) is 17.3. The summed E-state index contributed by atoms with van der Waals surface area (Å²) in [6.45, 7) is 3.16. The molecule has 1 aliphatic rings. The van der Waals surface area contributed by atoms with Crippen LogP contribution in [0.3, 0.4) is 0 Å². The van der Waals surface area contributed by atoms with Gasteiger partial charge in [0.05, 0.1) is 21.0 Å². The van der Waals surface area contributed by atoms with Crippen LogP contribution in [0, 0.1) is 5.82 Å². The molecule has 3 rings (SSSR count). The van der Waals surface area contributed by atoms with Gasteiger partial charge in [-0.3, -0.25) is 14.5 Å². The molecule has 1 heterocycles. The van der Waals surface area contributed by atoms with E-state index >= 15 is 0 Å². The lowest BCUT2D eigenvalue weighted by Crippen LogP contribution is -2.32.